The standard InChI is InChI=1S/C32H26N4O6/c1-19-3-7-23(8-4-19)35-29(39)25(27(37)31(35)41)33-15-11-21(12-16-33)22-13-17-34(18-14-22)26-28(38)32(42)36(30(26)40)24-9-5-20(2)6-10-24/h3-18,25-28H,1-2H3. The Hall–Kier alpha value is -5.06. The van der Waals surface area contributed by atoms with Crippen molar-refractivity contribution in [1.82, 2.24) is 0 Å². The molecule has 2 aliphatic rings. The molecule has 2 fully saturated rings. The fourth-order valence-corrected chi connectivity index (χ4v) is 5.36. The molecule has 4 atom stereocenters. The van der Waals surface area contributed by atoms with Crippen LogP contribution in [0.5, 0.6) is 0 Å². The molecule has 10 nitrogen and oxygen atoms in total. The van der Waals surface area contributed by atoms with Gasteiger partial charge in [0.05, 0.1) is 11.4 Å². The molecule has 6 rings (SSSR count). The molecule has 2 aliphatic heterocycles. The van der Waals surface area contributed by atoms with Crippen molar-refractivity contribution in [1.29, 1.82) is 0 Å². The summed E-state index contributed by atoms with van der Waals surface area (Å²) in [5.41, 5.74) is 4.12. The zero-order valence-electron chi connectivity index (χ0n) is 22.8. The van der Waals surface area contributed by atoms with Gasteiger partial charge in [0, 0.05) is 36.5 Å². The summed E-state index contributed by atoms with van der Waals surface area (Å²) < 4.78 is 2.87. The normalized spacial score (nSPS) is 22.4. The molecular formula is C32H26N4O6. The van der Waals surface area contributed by atoms with Crippen LogP contribution >= 0.6 is 0 Å². The lowest BCUT2D eigenvalue weighted by Gasteiger charge is -2.16. The van der Waals surface area contributed by atoms with Gasteiger partial charge in [-0.25, -0.2) is 9.80 Å². The number of carbonyl (C=O) groups excluding carboxylic acids is 4. The number of amides is 4. The highest BCUT2D eigenvalue weighted by atomic mass is 16.3. The molecule has 0 bridgehead atoms. The Bertz CT molecular complexity index is 1570. The Morgan fingerprint density at radius 1 is 0.500 bits per heavy atom. The number of pyridine rings is 2. The Kier molecular flexibility index (Phi) is 6.72. The highest BCUT2D eigenvalue weighted by Crippen LogP contribution is 2.28. The van der Waals surface area contributed by atoms with E-state index in [0.29, 0.717) is 11.4 Å². The van der Waals surface area contributed by atoms with E-state index < -0.39 is 47.9 Å². The summed E-state index contributed by atoms with van der Waals surface area (Å²) in [4.78, 5) is 53.6. The van der Waals surface area contributed by atoms with Crippen molar-refractivity contribution in [2.24, 2.45) is 0 Å². The number of benzene rings is 2. The van der Waals surface area contributed by atoms with Gasteiger partial charge < -0.3 is 10.2 Å². The Balaban J connectivity index is 1.20. The van der Waals surface area contributed by atoms with Crippen LogP contribution in [-0.4, -0.2) is 35.8 Å². The van der Waals surface area contributed by atoms with Crippen molar-refractivity contribution in [2.75, 3.05) is 9.80 Å². The molecule has 2 saturated heterocycles. The van der Waals surface area contributed by atoms with Gasteiger partial charge in [-0.15, -0.1) is 0 Å². The van der Waals surface area contributed by atoms with E-state index in [-0.39, 0.29) is 0 Å². The maximum Gasteiger partial charge on any atom is 0.302 e. The number of aryl methyl sites for hydroxylation is 2. The largest absolute Gasteiger partial charge is 0.840 e. The van der Waals surface area contributed by atoms with Gasteiger partial charge in [0.1, 0.15) is 0 Å². The Morgan fingerprint density at radius 2 is 0.810 bits per heavy atom. The van der Waals surface area contributed by atoms with Crippen molar-refractivity contribution in [2.45, 2.75) is 38.1 Å². The maximum absolute atomic E-state index is 13.1. The van der Waals surface area contributed by atoms with Crippen LogP contribution < -0.4 is 29.1 Å². The third kappa shape index (κ3) is 4.47. The van der Waals surface area contributed by atoms with Crippen LogP contribution in [0.1, 0.15) is 23.2 Å². The first-order valence-electron chi connectivity index (χ1n) is 13.4. The van der Waals surface area contributed by atoms with Gasteiger partial charge in [0.2, 0.25) is 23.9 Å². The van der Waals surface area contributed by atoms with Crippen molar-refractivity contribution in [3.8, 4) is 11.1 Å². The predicted molar refractivity (Wildman–Crippen MR) is 145 cm³/mol. The van der Waals surface area contributed by atoms with Crippen molar-refractivity contribution in [3.05, 3.63) is 109 Å². The van der Waals surface area contributed by atoms with Crippen molar-refractivity contribution < 1.29 is 38.5 Å². The first-order chi connectivity index (χ1) is 20.2. The molecule has 4 amide bonds. The minimum atomic E-state index is -1.78. The molecule has 0 radical (unpaired) electrons. The predicted octanol–water partition coefficient (Wildman–Crippen LogP) is 0.232. The summed E-state index contributed by atoms with van der Waals surface area (Å²) in [5, 5.41) is 25.7. The Morgan fingerprint density at radius 3 is 1.12 bits per heavy atom. The van der Waals surface area contributed by atoms with Crippen LogP contribution in [0.4, 0.5) is 11.4 Å². The number of nitrogens with zero attached hydrogens (tertiary/aromatic N) is 4. The van der Waals surface area contributed by atoms with Crippen LogP contribution in [0.15, 0.2) is 97.6 Å². The van der Waals surface area contributed by atoms with Crippen molar-refractivity contribution in [3.63, 3.8) is 0 Å². The molecular weight excluding hydrogens is 536 g/mol. The van der Waals surface area contributed by atoms with E-state index in [1.165, 1.54) is 9.13 Å². The number of hydrogen-bond donors (Lipinski definition) is 0. The average molecular weight is 563 g/mol. The lowest BCUT2D eigenvalue weighted by Crippen LogP contribution is -2.52. The number of aromatic nitrogens is 2. The zero-order valence-corrected chi connectivity index (χ0v) is 22.8. The van der Waals surface area contributed by atoms with Gasteiger partial charge in [-0.3, -0.25) is 19.2 Å². The number of hydrogen-bond acceptors (Lipinski definition) is 6. The van der Waals surface area contributed by atoms with E-state index in [9.17, 15) is 29.4 Å². The van der Waals surface area contributed by atoms with Crippen molar-refractivity contribution >= 4 is 35.0 Å². The lowest BCUT2D eigenvalue weighted by atomic mass is 10.1. The number of imide groups is 2. The van der Waals surface area contributed by atoms with Crippen LogP contribution in [0.2, 0.25) is 0 Å². The lowest BCUT2D eigenvalue weighted by molar-refractivity contribution is -0.729. The van der Waals surface area contributed by atoms with Gasteiger partial charge in [0.25, 0.3) is 0 Å². The second-order valence-corrected chi connectivity index (χ2v) is 10.5. The quantitative estimate of drug-likeness (QED) is 0.253. The fourth-order valence-electron chi connectivity index (χ4n) is 5.36. The minimum Gasteiger partial charge on any atom is -0.840 e. The first-order valence-corrected chi connectivity index (χ1v) is 13.4. The van der Waals surface area contributed by atoms with Gasteiger partial charge in [-0.2, -0.15) is 9.13 Å². The van der Waals surface area contributed by atoms with E-state index in [2.05, 4.69) is 0 Å². The molecule has 4 aromatic rings. The summed E-state index contributed by atoms with van der Waals surface area (Å²) in [6, 6.07) is 18.0. The first kappa shape index (κ1) is 27.1. The molecule has 4 heterocycles. The second kappa shape index (κ2) is 10.4. The summed E-state index contributed by atoms with van der Waals surface area (Å²) >= 11 is 0. The van der Waals surface area contributed by atoms with Crippen LogP contribution in [-0.2, 0) is 19.2 Å². The van der Waals surface area contributed by atoms with Crippen LogP contribution in [0.3, 0.4) is 0 Å². The van der Waals surface area contributed by atoms with E-state index in [1.807, 2.05) is 13.8 Å². The SMILES string of the molecule is Cc1ccc(N2C(=O)C([O-])C([n+]3ccc(-c4cc[n+](C5C(=O)N(c6ccc(C)cc6)C(=O)C5[O-])cc4)cc3)C2=O)cc1. The molecule has 0 spiro atoms. The monoisotopic (exact) mass is 562 g/mol. The van der Waals surface area contributed by atoms with Gasteiger partial charge in [0.15, 0.2) is 24.8 Å². The minimum absolute atomic E-state index is 0.360. The molecule has 2 aromatic carbocycles. The van der Waals surface area contributed by atoms with Gasteiger partial charge in [-0.05, 0) is 49.2 Å². The molecule has 0 saturated carbocycles. The van der Waals surface area contributed by atoms with E-state index in [1.54, 1.807) is 97.6 Å². The molecule has 4 unspecified atom stereocenters. The van der Waals surface area contributed by atoms with Gasteiger partial charge >= 0.3 is 11.8 Å². The molecule has 210 valence electrons. The summed E-state index contributed by atoms with van der Waals surface area (Å²) in [6.07, 6.45) is 2.72. The molecule has 0 N–H and O–H groups in total. The average Bonchev–Trinajstić information content (AvgIpc) is 3.35. The fraction of sp³-hybridized carbons (Fsp3) is 0.188. The maximum atomic E-state index is 13.1. The molecule has 10 heteroatoms. The number of rotatable bonds is 5. The summed E-state index contributed by atoms with van der Waals surface area (Å²) in [5.74, 6) is -2.78. The van der Waals surface area contributed by atoms with E-state index >= 15 is 0 Å². The summed E-state index contributed by atoms with van der Waals surface area (Å²) in [7, 11) is 0. The highest BCUT2D eigenvalue weighted by Gasteiger charge is 2.49. The smallest absolute Gasteiger partial charge is 0.302 e. The Labute approximate surface area is 241 Å². The topological polar surface area (TPSA) is 129 Å². The number of carbonyl (C=O) groups is 4. The van der Waals surface area contributed by atoms with Crippen LogP contribution in [0.25, 0.3) is 11.1 Å². The second-order valence-electron chi connectivity index (χ2n) is 10.5. The molecule has 42 heavy (non-hydrogen) atoms. The van der Waals surface area contributed by atoms with E-state index in [4.69, 9.17) is 0 Å². The third-order valence-electron chi connectivity index (χ3n) is 7.71. The van der Waals surface area contributed by atoms with Gasteiger partial charge in [-0.1, -0.05) is 35.4 Å². The molecule has 0 aliphatic carbocycles. The molecule has 2 aromatic heterocycles. The highest BCUT2D eigenvalue weighted by molar-refractivity contribution is 6.23. The third-order valence-corrected chi connectivity index (χ3v) is 7.71. The summed E-state index contributed by atoms with van der Waals surface area (Å²) in [6.45, 7) is 3.77. The van der Waals surface area contributed by atoms with E-state index in [0.717, 1.165) is 32.1 Å². The zero-order chi connectivity index (χ0) is 29.7. The van der Waals surface area contributed by atoms with Crippen LogP contribution in [0, 0.1) is 13.8 Å². The number of anilines is 2.